The first kappa shape index (κ1) is 13.6. The van der Waals surface area contributed by atoms with Gasteiger partial charge in [0.1, 0.15) is 6.26 Å². The molecule has 0 spiro atoms. The van der Waals surface area contributed by atoms with Crippen molar-refractivity contribution in [3.63, 3.8) is 0 Å². The van der Waals surface area contributed by atoms with E-state index in [0.717, 1.165) is 24.3 Å². The highest BCUT2D eigenvalue weighted by Gasteiger charge is 2.10. The van der Waals surface area contributed by atoms with E-state index in [2.05, 4.69) is 29.2 Å². The summed E-state index contributed by atoms with van der Waals surface area (Å²) < 4.78 is 7.27. The number of rotatable bonds is 6. The van der Waals surface area contributed by atoms with Crippen LogP contribution in [0, 0.1) is 0 Å². The molecule has 0 atom stereocenters. The molecule has 2 heterocycles. The van der Waals surface area contributed by atoms with Gasteiger partial charge >= 0.3 is 0 Å². The maximum Gasteiger partial charge on any atom is 0.297 e. The molecule has 2 rings (SSSR count). The van der Waals surface area contributed by atoms with E-state index in [4.69, 9.17) is 4.42 Å². The third kappa shape index (κ3) is 3.82. The Kier molecular flexibility index (Phi) is 4.21. The van der Waals surface area contributed by atoms with Gasteiger partial charge in [-0.15, -0.1) is 0 Å². The molecule has 0 aromatic carbocycles. The molecular weight excluding hydrogens is 242 g/mol. The fraction of sp³-hybridized carbons (Fsp3) is 0.538. The van der Waals surface area contributed by atoms with Crippen LogP contribution in [-0.2, 0) is 20.1 Å². The minimum atomic E-state index is 0.438. The quantitative estimate of drug-likeness (QED) is 0.856. The van der Waals surface area contributed by atoms with E-state index in [9.17, 15) is 0 Å². The van der Waals surface area contributed by atoms with Crippen molar-refractivity contribution >= 4 is 6.01 Å². The molecule has 0 aliphatic carbocycles. The van der Waals surface area contributed by atoms with E-state index in [1.165, 1.54) is 0 Å². The SMILES string of the molecule is CC(C)NCc1coc(N(C)Cc2cnn(C)c2)n1. The van der Waals surface area contributed by atoms with Gasteiger partial charge in [-0.2, -0.15) is 10.1 Å². The second kappa shape index (κ2) is 5.88. The molecular formula is C13H21N5O. The minimum absolute atomic E-state index is 0.438. The number of nitrogens with one attached hydrogen (secondary N) is 1. The van der Waals surface area contributed by atoms with Crippen molar-refractivity contribution < 1.29 is 4.42 Å². The van der Waals surface area contributed by atoms with Crippen LogP contribution in [0.1, 0.15) is 25.1 Å². The van der Waals surface area contributed by atoms with Crippen LogP contribution >= 0.6 is 0 Å². The van der Waals surface area contributed by atoms with Crippen LogP contribution in [0.3, 0.4) is 0 Å². The Hall–Kier alpha value is -1.82. The Morgan fingerprint density at radius 3 is 2.89 bits per heavy atom. The van der Waals surface area contributed by atoms with Gasteiger partial charge < -0.3 is 14.6 Å². The summed E-state index contributed by atoms with van der Waals surface area (Å²) in [4.78, 5) is 6.42. The van der Waals surface area contributed by atoms with Gasteiger partial charge in [0.15, 0.2) is 0 Å². The van der Waals surface area contributed by atoms with Crippen molar-refractivity contribution in [1.29, 1.82) is 0 Å². The van der Waals surface area contributed by atoms with Crippen molar-refractivity contribution in [2.75, 3.05) is 11.9 Å². The lowest BCUT2D eigenvalue weighted by atomic mass is 10.3. The summed E-state index contributed by atoms with van der Waals surface area (Å²) in [5, 5.41) is 7.46. The molecule has 0 aliphatic rings. The topological polar surface area (TPSA) is 59.1 Å². The number of anilines is 1. The zero-order chi connectivity index (χ0) is 13.8. The highest BCUT2D eigenvalue weighted by atomic mass is 16.4. The lowest BCUT2D eigenvalue weighted by Crippen LogP contribution is -2.22. The third-order valence-corrected chi connectivity index (χ3v) is 2.74. The molecule has 6 heteroatoms. The minimum Gasteiger partial charge on any atom is -0.432 e. The van der Waals surface area contributed by atoms with Crippen molar-refractivity contribution in [2.45, 2.75) is 33.0 Å². The maximum atomic E-state index is 5.49. The second-order valence-corrected chi connectivity index (χ2v) is 5.04. The average Bonchev–Trinajstić information content (AvgIpc) is 2.95. The molecule has 6 nitrogen and oxygen atoms in total. The van der Waals surface area contributed by atoms with E-state index in [0.29, 0.717) is 12.1 Å². The number of nitrogens with zero attached hydrogens (tertiary/aromatic N) is 4. The molecule has 104 valence electrons. The molecule has 19 heavy (non-hydrogen) atoms. The lowest BCUT2D eigenvalue weighted by molar-refractivity contribution is 0.540. The summed E-state index contributed by atoms with van der Waals surface area (Å²) in [6.45, 7) is 5.67. The van der Waals surface area contributed by atoms with Gasteiger partial charge in [-0.1, -0.05) is 13.8 Å². The van der Waals surface area contributed by atoms with E-state index in [-0.39, 0.29) is 0 Å². The van der Waals surface area contributed by atoms with Crippen LogP contribution in [-0.4, -0.2) is 27.9 Å². The third-order valence-electron chi connectivity index (χ3n) is 2.74. The highest BCUT2D eigenvalue weighted by molar-refractivity contribution is 5.27. The normalized spacial score (nSPS) is 11.2. The zero-order valence-electron chi connectivity index (χ0n) is 11.9. The number of oxazole rings is 1. The van der Waals surface area contributed by atoms with E-state index in [1.54, 1.807) is 10.9 Å². The van der Waals surface area contributed by atoms with Gasteiger partial charge in [0.05, 0.1) is 18.4 Å². The molecule has 0 fully saturated rings. The summed E-state index contributed by atoms with van der Waals surface area (Å²) in [7, 11) is 3.86. The van der Waals surface area contributed by atoms with Crippen molar-refractivity contribution in [3.8, 4) is 0 Å². The van der Waals surface area contributed by atoms with Crippen LogP contribution in [0.2, 0.25) is 0 Å². The van der Waals surface area contributed by atoms with Crippen LogP contribution in [0.5, 0.6) is 0 Å². The predicted octanol–water partition coefficient (Wildman–Crippen LogP) is 1.54. The van der Waals surface area contributed by atoms with Gasteiger partial charge in [-0.25, -0.2) is 0 Å². The van der Waals surface area contributed by atoms with Gasteiger partial charge in [-0.05, 0) is 0 Å². The number of hydrogen-bond acceptors (Lipinski definition) is 5. The Bertz CT molecular complexity index is 517. The summed E-state index contributed by atoms with van der Waals surface area (Å²) in [6.07, 6.45) is 5.53. The van der Waals surface area contributed by atoms with E-state index >= 15 is 0 Å². The van der Waals surface area contributed by atoms with Crippen LogP contribution in [0.25, 0.3) is 0 Å². The van der Waals surface area contributed by atoms with Crippen LogP contribution in [0.4, 0.5) is 6.01 Å². The first-order chi connectivity index (χ1) is 9.04. The largest absolute Gasteiger partial charge is 0.432 e. The number of aromatic nitrogens is 3. The molecule has 0 saturated heterocycles. The molecule has 0 unspecified atom stereocenters. The first-order valence-corrected chi connectivity index (χ1v) is 6.41. The summed E-state index contributed by atoms with van der Waals surface area (Å²) in [5.74, 6) is 0. The second-order valence-electron chi connectivity index (χ2n) is 5.04. The van der Waals surface area contributed by atoms with E-state index < -0.39 is 0 Å². The zero-order valence-corrected chi connectivity index (χ0v) is 11.9. The molecule has 0 aliphatic heterocycles. The smallest absolute Gasteiger partial charge is 0.297 e. The molecule has 0 radical (unpaired) electrons. The van der Waals surface area contributed by atoms with Crippen LogP contribution < -0.4 is 10.2 Å². The molecule has 0 saturated carbocycles. The van der Waals surface area contributed by atoms with Crippen LogP contribution in [0.15, 0.2) is 23.1 Å². The average molecular weight is 263 g/mol. The summed E-state index contributed by atoms with van der Waals surface area (Å²) in [6, 6.07) is 1.07. The maximum absolute atomic E-state index is 5.49. The fourth-order valence-electron chi connectivity index (χ4n) is 1.76. The molecule has 0 bridgehead atoms. The molecule has 2 aromatic rings. The summed E-state index contributed by atoms with van der Waals surface area (Å²) >= 11 is 0. The van der Waals surface area contributed by atoms with Gasteiger partial charge in [0.25, 0.3) is 6.01 Å². The Balaban J connectivity index is 1.94. The fourth-order valence-corrected chi connectivity index (χ4v) is 1.76. The van der Waals surface area contributed by atoms with Crippen molar-refractivity contribution in [1.82, 2.24) is 20.1 Å². The standard InChI is InChI=1S/C13H21N5O/c1-10(2)14-6-12-9-19-13(16-12)17(3)7-11-5-15-18(4)8-11/h5,8-10,14H,6-7H2,1-4H3. The van der Waals surface area contributed by atoms with Gasteiger partial charge in [0, 0.05) is 38.4 Å². The monoisotopic (exact) mass is 263 g/mol. The Morgan fingerprint density at radius 2 is 2.26 bits per heavy atom. The summed E-state index contributed by atoms with van der Waals surface area (Å²) in [5.41, 5.74) is 2.05. The molecule has 0 amide bonds. The first-order valence-electron chi connectivity index (χ1n) is 6.41. The van der Waals surface area contributed by atoms with E-state index in [1.807, 2.05) is 31.4 Å². The number of hydrogen-bond donors (Lipinski definition) is 1. The van der Waals surface area contributed by atoms with Gasteiger partial charge in [0.2, 0.25) is 0 Å². The Morgan fingerprint density at radius 1 is 1.47 bits per heavy atom. The number of aryl methyl sites for hydroxylation is 1. The Labute approximate surface area is 113 Å². The lowest BCUT2D eigenvalue weighted by Gasteiger charge is -2.12. The molecule has 1 N–H and O–H groups in total. The highest BCUT2D eigenvalue weighted by Crippen LogP contribution is 2.14. The van der Waals surface area contributed by atoms with Crippen molar-refractivity contribution in [3.05, 3.63) is 29.9 Å². The van der Waals surface area contributed by atoms with Gasteiger partial charge in [-0.3, -0.25) is 4.68 Å². The predicted molar refractivity (Wildman–Crippen MR) is 73.8 cm³/mol. The van der Waals surface area contributed by atoms with Crippen molar-refractivity contribution in [2.24, 2.45) is 7.05 Å². The molecule has 2 aromatic heterocycles.